The Morgan fingerprint density at radius 3 is 2.27 bits per heavy atom. The van der Waals surface area contributed by atoms with Crippen LogP contribution in [0.25, 0.3) is 0 Å². The van der Waals surface area contributed by atoms with Crippen LogP contribution in [0.1, 0.15) is 0 Å². The van der Waals surface area contributed by atoms with Crippen molar-refractivity contribution in [3.8, 4) is 0 Å². The van der Waals surface area contributed by atoms with Gasteiger partial charge in [0.2, 0.25) is 0 Å². The molecule has 1 atom stereocenters. The third-order valence-electron chi connectivity index (χ3n) is 1.64. The molecule has 8 heteroatoms. The number of hydrogen-bond acceptors (Lipinski definition) is 2. The molecule has 0 spiro atoms. The van der Waals surface area contributed by atoms with Crippen LogP contribution in [0, 0.1) is 0 Å². The SMILES string of the molecule is COCC[NH+]1C=CN(C)C1.F[B-](F)(F)F. The minimum Gasteiger partial charge on any atom is -0.418 e. The highest BCUT2D eigenvalue weighted by atomic mass is 19.5. The van der Waals surface area contributed by atoms with E-state index in [0.717, 1.165) is 19.8 Å². The summed E-state index contributed by atoms with van der Waals surface area (Å²) in [5.41, 5.74) is 0. The van der Waals surface area contributed by atoms with Crippen LogP contribution >= 0.6 is 0 Å². The first kappa shape index (κ1) is 14.2. The fraction of sp³-hybridized carbons (Fsp3) is 0.714. The van der Waals surface area contributed by atoms with Crippen LogP contribution in [0.4, 0.5) is 17.3 Å². The van der Waals surface area contributed by atoms with Gasteiger partial charge in [0, 0.05) is 14.2 Å². The van der Waals surface area contributed by atoms with E-state index in [2.05, 4.69) is 24.3 Å². The number of quaternary nitrogens is 1. The van der Waals surface area contributed by atoms with Crippen molar-refractivity contribution in [1.82, 2.24) is 4.90 Å². The fourth-order valence-electron chi connectivity index (χ4n) is 1.05. The number of halogens is 4. The van der Waals surface area contributed by atoms with E-state index in [4.69, 9.17) is 4.74 Å². The quantitative estimate of drug-likeness (QED) is 0.550. The number of rotatable bonds is 3. The number of nitrogens with one attached hydrogen (secondary N) is 1. The third-order valence-corrected chi connectivity index (χ3v) is 1.64. The topological polar surface area (TPSA) is 16.9 Å². The fourth-order valence-corrected chi connectivity index (χ4v) is 1.05. The summed E-state index contributed by atoms with van der Waals surface area (Å²) in [5.74, 6) is 0. The largest absolute Gasteiger partial charge is 0.673 e. The van der Waals surface area contributed by atoms with E-state index in [1.807, 2.05) is 0 Å². The molecule has 1 rings (SSSR count). The average molecular weight is 230 g/mol. The van der Waals surface area contributed by atoms with E-state index in [0.29, 0.717) is 0 Å². The molecule has 0 bridgehead atoms. The second kappa shape index (κ2) is 6.68. The summed E-state index contributed by atoms with van der Waals surface area (Å²) >= 11 is 0. The minimum absolute atomic E-state index is 0.841. The zero-order valence-electron chi connectivity index (χ0n) is 8.72. The van der Waals surface area contributed by atoms with Gasteiger partial charge in [0.05, 0.1) is 12.8 Å². The second-order valence-electron chi connectivity index (χ2n) is 3.13. The molecule has 1 aliphatic rings. The Hall–Kier alpha value is -0.755. The van der Waals surface area contributed by atoms with Gasteiger partial charge in [0.25, 0.3) is 0 Å². The number of nitrogens with zero attached hydrogens (tertiary/aromatic N) is 1. The van der Waals surface area contributed by atoms with Crippen molar-refractivity contribution in [3.63, 3.8) is 0 Å². The van der Waals surface area contributed by atoms with Gasteiger partial charge in [0.1, 0.15) is 12.7 Å². The zero-order chi connectivity index (χ0) is 11.9. The van der Waals surface area contributed by atoms with Gasteiger partial charge in [0.15, 0.2) is 6.67 Å². The molecule has 1 N–H and O–H groups in total. The Bertz CT molecular complexity index is 194. The molecular weight excluding hydrogens is 215 g/mol. The predicted molar refractivity (Wildman–Crippen MR) is 49.7 cm³/mol. The first-order chi connectivity index (χ1) is 6.83. The van der Waals surface area contributed by atoms with Crippen LogP contribution in [0.5, 0.6) is 0 Å². The summed E-state index contributed by atoms with van der Waals surface area (Å²) in [5, 5.41) is 0. The first-order valence-corrected chi connectivity index (χ1v) is 4.42. The van der Waals surface area contributed by atoms with Crippen LogP contribution in [0.2, 0.25) is 0 Å². The normalized spacial score (nSPS) is 20.1. The molecule has 15 heavy (non-hydrogen) atoms. The number of ether oxygens (including phenoxy) is 1. The average Bonchev–Trinajstić information content (AvgIpc) is 2.45. The van der Waals surface area contributed by atoms with Gasteiger partial charge < -0.3 is 26.9 Å². The van der Waals surface area contributed by atoms with Crippen LogP contribution in [0.3, 0.4) is 0 Å². The maximum atomic E-state index is 9.75. The molecule has 0 fully saturated rings. The molecule has 0 aromatic carbocycles. The Balaban J connectivity index is 0.000000336. The molecule has 0 aliphatic carbocycles. The molecule has 0 amide bonds. The molecular formula is C7H15BF4N2O. The van der Waals surface area contributed by atoms with E-state index >= 15 is 0 Å². The van der Waals surface area contributed by atoms with E-state index in [9.17, 15) is 17.3 Å². The van der Waals surface area contributed by atoms with Crippen molar-refractivity contribution in [2.45, 2.75) is 0 Å². The lowest BCUT2D eigenvalue weighted by Crippen LogP contribution is -3.07. The lowest BCUT2D eigenvalue weighted by atomic mass is 10.3. The van der Waals surface area contributed by atoms with Crippen LogP contribution in [-0.4, -0.2) is 46.1 Å². The molecule has 0 aromatic heterocycles. The molecule has 0 aromatic rings. The molecule has 1 unspecified atom stereocenters. The maximum absolute atomic E-state index is 9.75. The highest BCUT2D eigenvalue weighted by molar-refractivity contribution is 6.50. The molecule has 90 valence electrons. The predicted octanol–water partition coefficient (Wildman–Crippen LogP) is 0.192. The van der Waals surface area contributed by atoms with Crippen molar-refractivity contribution in [2.24, 2.45) is 0 Å². The lowest BCUT2D eigenvalue weighted by molar-refractivity contribution is -0.849. The summed E-state index contributed by atoms with van der Waals surface area (Å²) in [4.78, 5) is 3.63. The van der Waals surface area contributed by atoms with Gasteiger partial charge in [-0.1, -0.05) is 0 Å². The van der Waals surface area contributed by atoms with Gasteiger partial charge >= 0.3 is 7.25 Å². The standard InChI is InChI=1S/C7H14N2O.BF4/c1-8-3-4-9(7-8)5-6-10-2;2-1(3,4)5/h3-4H,5-7H2,1-2H3;/q;-1/p+1. The zero-order valence-corrected chi connectivity index (χ0v) is 8.72. The lowest BCUT2D eigenvalue weighted by Gasteiger charge is -2.11. The van der Waals surface area contributed by atoms with Crippen LogP contribution < -0.4 is 4.90 Å². The molecule has 0 saturated heterocycles. The summed E-state index contributed by atoms with van der Waals surface area (Å²) in [7, 11) is -2.18. The van der Waals surface area contributed by atoms with Crippen LogP contribution in [0.15, 0.2) is 12.4 Å². The Kier molecular flexibility index (Phi) is 6.34. The summed E-state index contributed by atoms with van der Waals surface area (Å²) in [6, 6.07) is 0. The van der Waals surface area contributed by atoms with Crippen LogP contribution in [-0.2, 0) is 4.74 Å². The smallest absolute Gasteiger partial charge is 0.418 e. The van der Waals surface area contributed by atoms with Crippen molar-refractivity contribution in [2.75, 3.05) is 34.0 Å². The van der Waals surface area contributed by atoms with Gasteiger partial charge in [-0.3, -0.25) is 4.90 Å². The van der Waals surface area contributed by atoms with Gasteiger partial charge in [-0.15, -0.1) is 0 Å². The summed E-state index contributed by atoms with van der Waals surface area (Å²) < 4.78 is 44.0. The molecule has 0 saturated carbocycles. The van der Waals surface area contributed by atoms with E-state index in [1.54, 1.807) is 7.11 Å². The Labute approximate surface area is 86.4 Å². The van der Waals surface area contributed by atoms with E-state index < -0.39 is 7.25 Å². The van der Waals surface area contributed by atoms with Crippen molar-refractivity contribution >= 4 is 7.25 Å². The highest BCUT2D eigenvalue weighted by Gasteiger charge is 2.20. The highest BCUT2D eigenvalue weighted by Crippen LogP contribution is 2.06. The summed E-state index contributed by atoms with van der Waals surface area (Å²) in [6.45, 7) is 2.98. The Morgan fingerprint density at radius 2 is 1.93 bits per heavy atom. The first-order valence-electron chi connectivity index (χ1n) is 4.42. The van der Waals surface area contributed by atoms with Crippen molar-refractivity contribution in [3.05, 3.63) is 12.4 Å². The minimum atomic E-state index is -6.00. The van der Waals surface area contributed by atoms with E-state index in [-0.39, 0.29) is 0 Å². The van der Waals surface area contributed by atoms with Crippen molar-refractivity contribution in [1.29, 1.82) is 0 Å². The van der Waals surface area contributed by atoms with Gasteiger partial charge in [-0.05, 0) is 0 Å². The number of hydrogen-bond donors (Lipinski definition) is 1. The second-order valence-corrected chi connectivity index (χ2v) is 3.13. The molecule has 3 nitrogen and oxygen atoms in total. The molecule has 1 aliphatic heterocycles. The third kappa shape index (κ3) is 11.2. The monoisotopic (exact) mass is 230 g/mol. The molecule has 1 heterocycles. The van der Waals surface area contributed by atoms with Crippen molar-refractivity contribution < 1.29 is 26.9 Å². The molecule has 0 radical (unpaired) electrons. The maximum Gasteiger partial charge on any atom is 0.673 e. The Morgan fingerprint density at radius 1 is 1.40 bits per heavy atom. The summed E-state index contributed by atoms with van der Waals surface area (Å²) in [6.07, 6.45) is 4.27. The number of methoxy groups -OCH3 is 1. The van der Waals surface area contributed by atoms with Gasteiger partial charge in [-0.25, -0.2) is 0 Å². The van der Waals surface area contributed by atoms with Gasteiger partial charge in [-0.2, -0.15) is 0 Å². The van der Waals surface area contributed by atoms with E-state index in [1.165, 1.54) is 4.90 Å².